The number of carbonyl (C=O) groups is 1. The molecule has 1 unspecified atom stereocenters. The number of carbonyl (C=O) groups excluding carboxylic acids is 1. The Hall–Kier alpha value is -2.62. The van der Waals surface area contributed by atoms with Gasteiger partial charge >= 0.3 is 7.82 Å². The van der Waals surface area contributed by atoms with Crippen LogP contribution in [-0.2, 0) is 9.09 Å². The molecule has 2 rings (SSSR count). The summed E-state index contributed by atoms with van der Waals surface area (Å²) in [5, 5.41) is 0. The van der Waals surface area contributed by atoms with E-state index in [1.165, 1.54) is 30.3 Å². The number of benzene rings is 2. The lowest BCUT2D eigenvalue weighted by molar-refractivity contribution is 0.103. The van der Waals surface area contributed by atoms with Crippen LogP contribution >= 0.6 is 7.82 Å². The third-order valence-corrected chi connectivity index (χ3v) is 3.87. The Morgan fingerprint density at radius 2 is 1.67 bits per heavy atom. The van der Waals surface area contributed by atoms with Crippen LogP contribution in [0.1, 0.15) is 22.8 Å². The lowest BCUT2D eigenvalue weighted by Crippen LogP contribution is -2.01. The molecule has 0 saturated carbocycles. The molecule has 0 aliphatic heterocycles. The summed E-state index contributed by atoms with van der Waals surface area (Å²) >= 11 is 0. The Balaban J connectivity index is 2.08. The normalized spacial score (nSPS) is 13.2. The van der Waals surface area contributed by atoms with E-state index in [-0.39, 0.29) is 17.3 Å². The molecule has 5 nitrogen and oxygen atoms in total. The highest BCUT2D eigenvalue weighted by Crippen LogP contribution is 2.45. The second-order valence-corrected chi connectivity index (χ2v) is 6.14. The van der Waals surface area contributed by atoms with E-state index in [0.29, 0.717) is 11.1 Å². The van der Waals surface area contributed by atoms with Crippen LogP contribution in [0.3, 0.4) is 0 Å². The Labute approximate surface area is 140 Å². The largest absolute Gasteiger partial charge is 0.584 e. The summed E-state index contributed by atoms with van der Waals surface area (Å²) in [4.78, 5) is 21.9. The zero-order valence-electron chi connectivity index (χ0n) is 13.1. The number of phosphoric acid groups is 1. The van der Waals surface area contributed by atoms with Crippen molar-refractivity contribution in [2.75, 3.05) is 0 Å². The summed E-state index contributed by atoms with van der Waals surface area (Å²) < 4.78 is 21.6. The van der Waals surface area contributed by atoms with Gasteiger partial charge in [-0.25, -0.2) is 4.57 Å². The van der Waals surface area contributed by atoms with E-state index < -0.39 is 7.82 Å². The van der Waals surface area contributed by atoms with Gasteiger partial charge in [0.2, 0.25) is 0 Å². The summed E-state index contributed by atoms with van der Waals surface area (Å²) in [5.74, 6) is -0.0232. The molecule has 0 aromatic heterocycles. The van der Waals surface area contributed by atoms with Crippen LogP contribution in [0.2, 0.25) is 0 Å². The first kappa shape index (κ1) is 17.7. The molecule has 124 valence electrons. The third kappa shape index (κ3) is 4.95. The summed E-state index contributed by atoms with van der Waals surface area (Å²) in [5.41, 5.74) is 1.01. The average molecular weight is 344 g/mol. The fourth-order valence-corrected chi connectivity index (χ4v) is 2.72. The molecule has 0 aliphatic carbocycles. The van der Waals surface area contributed by atoms with Crippen LogP contribution in [0.4, 0.5) is 0 Å². The van der Waals surface area contributed by atoms with Gasteiger partial charge in [0.1, 0.15) is 11.5 Å². The second kappa shape index (κ2) is 7.77. The summed E-state index contributed by atoms with van der Waals surface area (Å²) in [6, 6.07) is 14.7. The Morgan fingerprint density at radius 3 is 2.25 bits per heavy atom. The van der Waals surface area contributed by atoms with Crippen molar-refractivity contribution < 1.29 is 23.3 Å². The van der Waals surface area contributed by atoms with Gasteiger partial charge in [0.25, 0.3) is 0 Å². The van der Waals surface area contributed by atoms with E-state index in [1.54, 1.807) is 37.3 Å². The van der Waals surface area contributed by atoms with Crippen LogP contribution in [-0.4, -0.2) is 10.7 Å². The number of ketones is 1. The quantitative estimate of drug-likeness (QED) is 0.346. The zero-order valence-corrected chi connectivity index (χ0v) is 14.0. The highest BCUT2D eigenvalue weighted by molar-refractivity contribution is 7.48. The van der Waals surface area contributed by atoms with Gasteiger partial charge in [0, 0.05) is 11.1 Å². The Bertz CT molecular complexity index is 794. The van der Waals surface area contributed by atoms with E-state index in [4.69, 9.17) is 9.05 Å². The first-order valence-electron chi connectivity index (χ1n) is 7.15. The van der Waals surface area contributed by atoms with Gasteiger partial charge in [-0.05, 0) is 37.3 Å². The van der Waals surface area contributed by atoms with Crippen molar-refractivity contribution in [3.63, 3.8) is 0 Å². The molecule has 0 aliphatic rings. The minimum Gasteiger partial charge on any atom is -0.396 e. The zero-order chi connectivity index (χ0) is 17.6. The number of rotatable bonds is 7. The van der Waals surface area contributed by atoms with Crippen molar-refractivity contribution in [3.8, 4) is 5.75 Å². The molecular weight excluding hydrogens is 327 g/mol. The van der Waals surface area contributed by atoms with E-state index in [2.05, 4.69) is 6.58 Å². The molecule has 24 heavy (non-hydrogen) atoms. The topological polar surface area (TPSA) is 72.8 Å². The van der Waals surface area contributed by atoms with Crippen molar-refractivity contribution >= 4 is 13.6 Å². The molecule has 0 radical (unpaired) electrons. The standard InChI is InChI=1S/C18H17O5P/c1-3-7-14(2)22-24(20,21)23-17-12-10-16(11-13-17)18(19)15-8-5-4-6-9-15/h3-13H,2H2,1H3,(H,20,21)/b7-3-. The predicted octanol–water partition coefficient (Wildman–Crippen LogP) is 4.50. The first-order valence-corrected chi connectivity index (χ1v) is 8.64. The van der Waals surface area contributed by atoms with Crippen LogP contribution < -0.4 is 4.52 Å². The Kier molecular flexibility index (Phi) is 5.74. The molecule has 2 aromatic carbocycles. The molecule has 0 fully saturated rings. The molecule has 0 spiro atoms. The fraction of sp³-hybridized carbons (Fsp3) is 0.0556. The van der Waals surface area contributed by atoms with E-state index in [1.807, 2.05) is 6.07 Å². The van der Waals surface area contributed by atoms with Crippen LogP contribution in [0, 0.1) is 0 Å². The smallest absolute Gasteiger partial charge is 0.396 e. The summed E-state index contributed by atoms with van der Waals surface area (Å²) in [6.45, 7) is 5.20. The van der Waals surface area contributed by atoms with E-state index in [9.17, 15) is 14.3 Å². The monoisotopic (exact) mass is 344 g/mol. The molecule has 1 N–H and O–H groups in total. The van der Waals surface area contributed by atoms with Gasteiger partial charge < -0.3 is 9.05 Å². The van der Waals surface area contributed by atoms with Crippen LogP contribution in [0.5, 0.6) is 5.75 Å². The fourth-order valence-electron chi connectivity index (χ4n) is 1.94. The number of allylic oxidation sites excluding steroid dienone is 2. The van der Waals surface area contributed by atoms with Gasteiger partial charge in [-0.2, -0.15) is 0 Å². The molecular formula is C18H17O5P. The van der Waals surface area contributed by atoms with Crippen molar-refractivity contribution in [2.24, 2.45) is 0 Å². The molecule has 1 atom stereocenters. The minimum atomic E-state index is -4.33. The van der Waals surface area contributed by atoms with Gasteiger partial charge in [-0.1, -0.05) is 43.0 Å². The van der Waals surface area contributed by atoms with E-state index in [0.717, 1.165) is 0 Å². The van der Waals surface area contributed by atoms with Gasteiger partial charge in [0.05, 0.1) is 0 Å². The number of phosphoric ester groups is 1. The summed E-state index contributed by atoms with van der Waals surface area (Å²) in [6.07, 6.45) is 3.06. The highest BCUT2D eigenvalue weighted by atomic mass is 31.2. The molecule has 0 bridgehead atoms. The van der Waals surface area contributed by atoms with Gasteiger partial charge in [0.15, 0.2) is 5.78 Å². The summed E-state index contributed by atoms with van der Waals surface area (Å²) in [7, 11) is -4.33. The molecule has 0 amide bonds. The maximum absolute atomic E-state index is 12.3. The average Bonchev–Trinajstić information content (AvgIpc) is 2.55. The van der Waals surface area contributed by atoms with Crippen molar-refractivity contribution in [3.05, 3.63) is 90.2 Å². The SMILES string of the molecule is C=C(/C=C\C)OP(=O)(O)Oc1ccc(C(=O)c2ccccc2)cc1. The Morgan fingerprint density at radius 1 is 1.08 bits per heavy atom. The predicted molar refractivity (Wildman–Crippen MR) is 91.8 cm³/mol. The first-order chi connectivity index (χ1) is 11.4. The lowest BCUT2D eigenvalue weighted by Gasteiger charge is -2.13. The number of hydrogen-bond acceptors (Lipinski definition) is 4. The molecule has 0 heterocycles. The molecule has 2 aromatic rings. The maximum Gasteiger partial charge on any atom is 0.584 e. The molecule has 6 heteroatoms. The minimum absolute atomic E-state index is 0.0132. The van der Waals surface area contributed by atoms with Gasteiger partial charge in [-0.3, -0.25) is 9.69 Å². The molecule has 0 saturated heterocycles. The van der Waals surface area contributed by atoms with Crippen molar-refractivity contribution in [2.45, 2.75) is 6.92 Å². The van der Waals surface area contributed by atoms with Crippen molar-refractivity contribution in [1.82, 2.24) is 0 Å². The maximum atomic E-state index is 12.3. The van der Waals surface area contributed by atoms with Gasteiger partial charge in [-0.15, -0.1) is 0 Å². The second-order valence-electron chi connectivity index (χ2n) is 4.84. The number of hydrogen-bond donors (Lipinski definition) is 1. The van der Waals surface area contributed by atoms with E-state index >= 15 is 0 Å². The van der Waals surface area contributed by atoms with Crippen LogP contribution in [0.25, 0.3) is 0 Å². The van der Waals surface area contributed by atoms with Crippen molar-refractivity contribution in [1.29, 1.82) is 0 Å². The highest BCUT2D eigenvalue weighted by Gasteiger charge is 2.25. The lowest BCUT2D eigenvalue weighted by atomic mass is 10.0. The van der Waals surface area contributed by atoms with Crippen LogP contribution in [0.15, 0.2) is 79.1 Å². The third-order valence-electron chi connectivity index (χ3n) is 2.96.